The quantitative estimate of drug-likeness (QED) is 0.352. The van der Waals surface area contributed by atoms with E-state index in [-0.39, 0.29) is 24.0 Å². The van der Waals surface area contributed by atoms with Crippen molar-refractivity contribution in [1.82, 2.24) is 14.9 Å². The van der Waals surface area contributed by atoms with Gasteiger partial charge in [0.05, 0.1) is 22.9 Å². The van der Waals surface area contributed by atoms with E-state index >= 15 is 0 Å². The summed E-state index contributed by atoms with van der Waals surface area (Å²) in [6.07, 6.45) is -2.42. The normalized spacial score (nSPS) is 14.9. The number of rotatable bonds is 5. The summed E-state index contributed by atoms with van der Waals surface area (Å²) in [5, 5.41) is 1.05. The van der Waals surface area contributed by atoms with Gasteiger partial charge in [0.1, 0.15) is 0 Å². The molecule has 0 saturated carbocycles. The van der Waals surface area contributed by atoms with Gasteiger partial charge in [-0.1, -0.05) is 28.1 Å². The van der Waals surface area contributed by atoms with E-state index < -0.39 is 17.6 Å². The van der Waals surface area contributed by atoms with E-state index in [1.807, 2.05) is 24.3 Å². The van der Waals surface area contributed by atoms with Crippen molar-refractivity contribution < 1.29 is 22.7 Å². The first-order valence-corrected chi connectivity index (χ1v) is 12.5. The largest absolute Gasteiger partial charge is 0.491 e. The number of carbonyl (C=O) groups is 1. The van der Waals surface area contributed by atoms with Crippen molar-refractivity contribution in [2.75, 3.05) is 19.7 Å². The van der Waals surface area contributed by atoms with Crippen molar-refractivity contribution in [2.45, 2.75) is 38.8 Å². The van der Waals surface area contributed by atoms with Gasteiger partial charge < -0.3 is 9.64 Å². The maximum Gasteiger partial charge on any atom is 0.418 e. The number of hydrogen-bond acceptors (Lipinski definition) is 5. The Morgan fingerprint density at radius 3 is 2.53 bits per heavy atom. The predicted octanol–water partition coefficient (Wildman–Crippen LogP) is 6.71. The lowest BCUT2D eigenvalue weighted by Gasteiger charge is -2.31. The summed E-state index contributed by atoms with van der Waals surface area (Å²) in [6, 6.07) is 8.89. The highest BCUT2D eigenvalue weighted by Gasteiger charge is 2.34. The lowest BCUT2D eigenvalue weighted by Crippen LogP contribution is -2.38. The molecule has 1 saturated heterocycles. The van der Waals surface area contributed by atoms with Gasteiger partial charge in [-0.2, -0.15) is 13.2 Å². The standard InChI is InChI=1S/C24H23BrF3N3O2S/c1-3-33-19-12-17(24(26,27)28)13-29-21(19)23(32)31-10-8-16(9-11-31)22-30-20(14(2)34-22)15-4-6-18(25)7-5-15/h4-7,12-13,16H,3,8-11H2,1-2H3. The average Bonchev–Trinajstić information content (AvgIpc) is 3.20. The Morgan fingerprint density at radius 1 is 1.24 bits per heavy atom. The van der Waals surface area contributed by atoms with Crippen LogP contribution in [0.3, 0.4) is 0 Å². The monoisotopic (exact) mass is 553 g/mol. The van der Waals surface area contributed by atoms with E-state index in [0.717, 1.165) is 44.5 Å². The van der Waals surface area contributed by atoms with Gasteiger partial charge in [-0.3, -0.25) is 4.79 Å². The number of nitrogens with zero attached hydrogens (tertiary/aromatic N) is 3. The number of aromatic nitrogens is 2. The molecule has 0 radical (unpaired) electrons. The molecule has 4 rings (SSSR count). The van der Waals surface area contributed by atoms with Crippen LogP contribution in [0.25, 0.3) is 11.3 Å². The third-order valence-corrected chi connectivity index (χ3v) is 7.41. The number of piperidine rings is 1. The summed E-state index contributed by atoms with van der Waals surface area (Å²) < 4.78 is 45.5. The Bertz CT molecular complexity index is 1170. The molecule has 10 heteroatoms. The number of amides is 1. The molecule has 1 amide bonds. The highest BCUT2D eigenvalue weighted by Crippen LogP contribution is 2.37. The molecule has 0 N–H and O–H groups in total. The van der Waals surface area contributed by atoms with Gasteiger partial charge in [0, 0.05) is 40.1 Å². The minimum atomic E-state index is -4.56. The Balaban J connectivity index is 1.47. The van der Waals surface area contributed by atoms with Crippen LogP contribution in [0, 0.1) is 6.92 Å². The Labute approximate surface area is 208 Å². The predicted molar refractivity (Wildman–Crippen MR) is 128 cm³/mol. The topological polar surface area (TPSA) is 55.3 Å². The van der Waals surface area contributed by atoms with E-state index in [4.69, 9.17) is 9.72 Å². The van der Waals surface area contributed by atoms with E-state index in [2.05, 4.69) is 27.8 Å². The van der Waals surface area contributed by atoms with Crippen LogP contribution < -0.4 is 4.74 Å². The molecule has 3 heterocycles. The van der Waals surface area contributed by atoms with Crippen LogP contribution in [-0.4, -0.2) is 40.5 Å². The zero-order valence-electron chi connectivity index (χ0n) is 18.7. The molecule has 1 aromatic carbocycles. The van der Waals surface area contributed by atoms with Crippen molar-refractivity contribution in [3.05, 3.63) is 62.1 Å². The van der Waals surface area contributed by atoms with E-state index in [1.165, 1.54) is 0 Å². The van der Waals surface area contributed by atoms with Gasteiger partial charge in [0.2, 0.25) is 0 Å². The summed E-state index contributed by atoms with van der Waals surface area (Å²) in [4.78, 5) is 24.5. The molecule has 1 aliphatic heterocycles. The number of halogens is 4. The van der Waals surface area contributed by atoms with Gasteiger partial charge in [-0.25, -0.2) is 9.97 Å². The molecular weight excluding hydrogens is 531 g/mol. The second kappa shape index (κ2) is 10.0. The molecule has 5 nitrogen and oxygen atoms in total. The molecule has 0 atom stereocenters. The Hall–Kier alpha value is -2.46. The maximum atomic E-state index is 13.1. The molecule has 180 valence electrons. The van der Waals surface area contributed by atoms with Crippen molar-refractivity contribution >= 4 is 33.2 Å². The van der Waals surface area contributed by atoms with Crippen LogP contribution in [0.5, 0.6) is 5.75 Å². The number of ether oxygens (including phenoxy) is 1. The van der Waals surface area contributed by atoms with Crippen molar-refractivity contribution in [1.29, 1.82) is 0 Å². The molecule has 3 aromatic rings. The van der Waals surface area contributed by atoms with E-state index in [1.54, 1.807) is 23.2 Å². The SMILES string of the molecule is CCOc1cc(C(F)(F)F)cnc1C(=O)N1CCC(c2nc(-c3ccc(Br)cc3)c(C)s2)CC1. The Morgan fingerprint density at radius 2 is 1.91 bits per heavy atom. The van der Waals surface area contributed by atoms with Crippen molar-refractivity contribution in [3.63, 3.8) is 0 Å². The van der Waals surface area contributed by atoms with Crippen LogP contribution in [0.4, 0.5) is 13.2 Å². The summed E-state index contributed by atoms with van der Waals surface area (Å²) >= 11 is 5.12. The molecule has 34 heavy (non-hydrogen) atoms. The fraction of sp³-hybridized carbons (Fsp3) is 0.375. The lowest BCUT2D eigenvalue weighted by atomic mass is 9.97. The number of benzene rings is 1. The van der Waals surface area contributed by atoms with Crippen molar-refractivity contribution in [2.24, 2.45) is 0 Å². The number of likely N-dealkylation sites (tertiary alicyclic amines) is 1. The first-order valence-electron chi connectivity index (χ1n) is 10.9. The third-order valence-electron chi connectivity index (χ3n) is 5.74. The van der Waals surface area contributed by atoms with Crippen LogP contribution in [-0.2, 0) is 6.18 Å². The first kappa shape index (κ1) is 24.7. The molecule has 2 aromatic heterocycles. The molecule has 1 aliphatic rings. The maximum absolute atomic E-state index is 13.1. The molecule has 0 aliphatic carbocycles. The van der Waals surface area contributed by atoms with Gasteiger partial charge in [-0.15, -0.1) is 11.3 Å². The second-order valence-corrected chi connectivity index (χ2v) is 10.2. The fourth-order valence-corrected chi connectivity index (χ4v) is 5.35. The highest BCUT2D eigenvalue weighted by atomic mass is 79.9. The molecule has 1 fully saturated rings. The van der Waals surface area contributed by atoms with Gasteiger partial charge in [0.25, 0.3) is 5.91 Å². The zero-order valence-corrected chi connectivity index (χ0v) is 21.1. The zero-order chi connectivity index (χ0) is 24.5. The van der Waals surface area contributed by atoms with Gasteiger partial charge >= 0.3 is 6.18 Å². The Kier molecular flexibility index (Phi) is 7.28. The number of aryl methyl sites for hydroxylation is 1. The average molecular weight is 554 g/mol. The number of pyridine rings is 1. The second-order valence-electron chi connectivity index (χ2n) is 8.03. The first-order chi connectivity index (χ1) is 16.2. The van der Waals surface area contributed by atoms with Crippen LogP contribution >= 0.6 is 27.3 Å². The number of hydrogen-bond donors (Lipinski definition) is 0. The number of thiazole rings is 1. The van der Waals surface area contributed by atoms with Gasteiger partial charge in [-0.05, 0) is 44.9 Å². The minimum absolute atomic E-state index is 0.0871. The highest BCUT2D eigenvalue weighted by molar-refractivity contribution is 9.10. The summed E-state index contributed by atoms with van der Waals surface area (Å²) in [5.74, 6) is -0.329. The minimum Gasteiger partial charge on any atom is -0.491 e. The molecule has 0 unspecified atom stereocenters. The number of carbonyl (C=O) groups excluding carboxylic acids is 1. The summed E-state index contributed by atoms with van der Waals surface area (Å²) in [5.41, 5.74) is 1.01. The number of alkyl halides is 3. The van der Waals surface area contributed by atoms with E-state index in [9.17, 15) is 18.0 Å². The van der Waals surface area contributed by atoms with Gasteiger partial charge in [0.15, 0.2) is 11.4 Å². The smallest absolute Gasteiger partial charge is 0.418 e. The van der Waals surface area contributed by atoms with Crippen LogP contribution in [0.15, 0.2) is 41.0 Å². The molecular formula is C24H23BrF3N3O2S. The van der Waals surface area contributed by atoms with Crippen LogP contribution in [0.2, 0.25) is 0 Å². The third kappa shape index (κ3) is 5.27. The van der Waals surface area contributed by atoms with E-state index in [0.29, 0.717) is 19.3 Å². The lowest BCUT2D eigenvalue weighted by molar-refractivity contribution is -0.138. The molecule has 0 spiro atoms. The van der Waals surface area contributed by atoms with Crippen LogP contribution in [0.1, 0.15) is 51.6 Å². The summed E-state index contributed by atoms with van der Waals surface area (Å²) in [7, 11) is 0. The summed E-state index contributed by atoms with van der Waals surface area (Å²) in [6.45, 7) is 4.80. The molecule has 0 bridgehead atoms. The fourth-order valence-electron chi connectivity index (χ4n) is 3.97. The van der Waals surface area contributed by atoms with Crippen molar-refractivity contribution in [3.8, 4) is 17.0 Å².